The van der Waals surface area contributed by atoms with E-state index < -0.39 is 0 Å². The van der Waals surface area contributed by atoms with Gasteiger partial charge in [-0.05, 0) is 31.5 Å². The predicted octanol–water partition coefficient (Wildman–Crippen LogP) is 1.81. The van der Waals surface area contributed by atoms with Crippen molar-refractivity contribution in [2.45, 2.75) is 26.4 Å². The average Bonchev–Trinajstić information content (AvgIpc) is 2.75. The molecule has 1 aromatic carbocycles. The number of fused-ring (bicyclic) bond motifs is 1. The second-order valence-electron chi connectivity index (χ2n) is 5.42. The Balaban J connectivity index is 1.94. The molecule has 3 rings (SSSR count). The highest BCUT2D eigenvalue weighted by molar-refractivity contribution is 5.35. The van der Waals surface area contributed by atoms with Gasteiger partial charge in [-0.25, -0.2) is 9.48 Å². The Labute approximate surface area is 122 Å². The van der Waals surface area contributed by atoms with Crippen LogP contribution >= 0.6 is 0 Å². The van der Waals surface area contributed by atoms with Crippen LogP contribution in [0, 0.1) is 13.8 Å². The third-order valence-electron chi connectivity index (χ3n) is 3.53. The quantitative estimate of drug-likeness (QED) is 0.797. The van der Waals surface area contributed by atoms with E-state index in [4.69, 9.17) is 5.73 Å². The second-order valence-corrected chi connectivity index (χ2v) is 5.42. The van der Waals surface area contributed by atoms with Crippen molar-refractivity contribution in [3.8, 4) is 0 Å². The number of nitrogens with two attached hydrogens (primary N) is 1. The zero-order valence-electron chi connectivity index (χ0n) is 12.2. The van der Waals surface area contributed by atoms with E-state index in [1.54, 1.807) is 12.3 Å². The number of benzene rings is 1. The largest absolute Gasteiger partial charge is 0.350 e. The minimum absolute atomic E-state index is 0.162. The van der Waals surface area contributed by atoms with Gasteiger partial charge < -0.3 is 5.73 Å². The Bertz CT molecular complexity index is 827. The molecule has 0 aliphatic carbocycles. The lowest BCUT2D eigenvalue weighted by molar-refractivity contribution is 0.513. The van der Waals surface area contributed by atoms with Crippen LogP contribution in [0.25, 0.3) is 5.65 Å². The van der Waals surface area contributed by atoms with Crippen LogP contribution in [0.3, 0.4) is 0 Å². The molecule has 2 heterocycles. The third kappa shape index (κ3) is 2.60. The molecule has 1 atom stereocenters. The maximum Gasteiger partial charge on any atom is 0.350 e. The van der Waals surface area contributed by atoms with Crippen LogP contribution in [0.4, 0.5) is 0 Å². The minimum atomic E-state index is -0.258. The minimum Gasteiger partial charge on any atom is -0.322 e. The van der Waals surface area contributed by atoms with Crippen molar-refractivity contribution in [2.75, 3.05) is 0 Å². The topological polar surface area (TPSA) is 65.3 Å². The predicted molar refractivity (Wildman–Crippen MR) is 82.3 cm³/mol. The van der Waals surface area contributed by atoms with Crippen LogP contribution in [-0.4, -0.2) is 14.2 Å². The summed E-state index contributed by atoms with van der Waals surface area (Å²) < 4.78 is 2.95. The van der Waals surface area contributed by atoms with Gasteiger partial charge in [0.1, 0.15) is 0 Å². The van der Waals surface area contributed by atoms with Gasteiger partial charge in [0.05, 0.1) is 6.54 Å². The molecule has 0 aliphatic rings. The van der Waals surface area contributed by atoms with E-state index in [1.165, 1.54) is 20.2 Å². The van der Waals surface area contributed by atoms with Gasteiger partial charge >= 0.3 is 5.69 Å². The fourth-order valence-electron chi connectivity index (χ4n) is 2.60. The second kappa shape index (κ2) is 5.18. The van der Waals surface area contributed by atoms with Crippen LogP contribution < -0.4 is 11.4 Å². The van der Waals surface area contributed by atoms with E-state index in [2.05, 4.69) is 23.3 Å². The number of aryl methyl sites for hydroxylation is 2. The first-order chi connectivity index (χ1) is 10.0. The molecule has 2 aromatic heterocycles. The Morgan fingerprint density at radius 1 is 1.19 bits per heavy atom. The summed E-state index contributed by atoms with van der Waals surface area (Å²) in [7, 11) is 0. The zero-order valence-corrected chi connectivity index (χ0v) is 12.2. The number of hydrogen-bond donors (Lipinski definition) is 1. The summed E-state index contributed by atoms with van der Waals surface area (Å²) in [6.07, 6.45) is 1.71. The summed E-state index contributed by atoms with van der Waals surface area (Å²) in [6.45, 7) is 4.45. The summed E-state index contributed by atoms with van der Waals surface area (Å²) in [6, 6.07) is 11.4. The van der Waals surface area contributed by atoms with Crippen LogP contribution in [0.15, 0.2) is 47.4 Å². The van der Waals surface area contributed by atoms with Crippen molar-refractivity contribution in [2.24, 2.45) is 5.73 Å². The molecule has 5 heteroatoms. The van der Waals surface area contributed by atoms with Gasteiger partial charge in [0, 0.05) is 12.2 Å². The molecular formula is C16H18N4O. The third-order valence-corrected chi connectivity index (χ3v) is 3.53. The molecular weight excluding hydrogens is 264 g/mol. The normalized spacial score (nSPS) is 12.7. The molecule has 1 unspecified atom stereocenters. The first kappa shape index (κ1) is 13.6. The van der Waals surface area contributed by atoms with Gasteiger partial charge in [-0.2, -0.15) is 0 Å². The van der Waals surface area contributed by atoms with E-state index in [-0.39, 0.29) is 11.7 Å². The first-order valence-corrected chi connectivity index (χ1v) is 6.92. The molecule has 3 aromatic rings. The van der Waals surface area contributed by atoms with Crippen molar-refractivity contribution < 1.29 is 0 Å². The van der Waals surface area contributed by atoms with Gasteiger partial charge in [-0.15, -0.1) is 5.10 Å². The van der Waals surface area contributed by atoms with Crippen LogP contribution in [0.5, 0.6) is 0 Å². The maximum absolute atomic E-state index is 12.2. The van der Waals surface area contributed by atoms with E-state index in [0.717, 1.165) is 5.56 Å². The monoisotopic (exact) mass is 282 g/mol. The molecule has 0 aliphatic heterocycles. The standard InChI is InChI=1S/C16H18N4O/c1-11-7-12(2)9-13(8-11)14(17)10-20-16(21)19-6-4-3-5-15(19)18-20/h3-9,14H,10,17H2,1-2H3. The number of rotatable bonds is 3. The Hall–Kier alpha value is -2.40. The highest BCUT2D eigenvalue weighted by Crippen LogP contribution is 2.16. The highest BCUT2D eigenvalue weighted by Gasteiger charge is 2.12. The lowest BCUT2D eigenvalue weighted by atomic mass is 10.0. The van der Waals surface area contributed by atoms with Gasteiger partial charge in [0.2, 0.25) is 0 Å². The number of aromatic nitrogens is 3. The number of hydrogen-bond acceptors (Lipinski definition) is 3. The van der Waals surface area contributed by atoms with E-state index in [9.17, 15) is 4.79 Å². The summed E-state index contributed by atoms with van der Waals surface area (Å²) in [5.74, 6) is 0. The number of pyridine rings is 1. The van der Waals surface area contributed by atoms with Crippen LogP contribution in [-0.2, 0) is 6.54 Å². The van der Waals surface area contributed by atoms with Gasteiger partial charge in [-0.1, -0.05) is 35.4 Å². The molecule has 5 nitrogen and oxygen atoms in total. The van der Waals surface area contributed by atoms with Crippen molar-refractivity contribution in [1.29, 1.82) is 0 Å². The van der Waals surface area contributed by atoms with Crippen LogP contribution in [0.2, 0.25) is 0 Å². The van der Waals surface area contributed by atoms with Crippen LogP contribution in [0.1, 0.15) is 22.7 Å². The molecule has 0 bridgehead atoms. The summed E-state index contributed by atoms with van der Waals surface area (Å²) >= 11 is 0. The first-order valence-electron chi connectivity index (χ1n) is 6.92. The smallest absolute Gasteiger partial charge is 0.322 e. The van der Waals surface area contributed by atoms with Gasteiger partial charge in [0.15, 0.2) is 5.65 Å². The highest BCUT2D eigenvalue weighted by atomic mass is 16.2. The van der Waals surface area contributed by atoms with E-state index in [1.807, 2.05) is 26.0 Å². The molecule has 0 fully saturated rings. The fourth-order valence-corrected chi connectivity index (χ4v) is 2.60. The number of nitrogens with zero attached hydrogens (tertiary/aromatic N) is 3. The molecule has 0 saturated carbocycles. The molecule has 21 heavy (non-hydrogen) atoms. The lowest BCUT2D eigenvalue weighted by Gasteiger charge is -2.13. The molecule has 108 valence electrons. The zero-order chi connectivity index (χ0) is 15.0. The molecule has 0 saturated heterocycles. The fraction of sp³-hybridized carbons (Fsp3) is 0.250. The molecule has 0 radical (unpaired) electrons. The maximum atomic E-state index is 12.2. The van der Waals surface area contributed by atoms with Crippen molar-refractivity contribution in [3.05, 3.63) is 69.8 Å². The van der Waals surface area contributed by atoms with Gasteiger partial charge in [0.25, 0.3) is 0 Å². The Morgan fingerprint density at radius 2 is 1.90 bits per heavy atom. The average molecular weight is 282 g/mol. The Kier molecular flexibility index (Phi) is 3.35. The van der Waals surface area contributed by atoms with E-state index >= 15 is 0 Å². The molecule has 0 spiro atoms. The Morgan fingerprint density at radius 3 is 2.57 bits per heavy atom. The van der Waals surface area contributed by atoms with E-state index in [0.29, 0.717) is 12.2 Å². The molecule has 2 N–H and O–H groups in total. The van der Waals surface area contributed by atoms with Crippen molar-refractivity contribution >= 4 is 5.65 Å². The SMILES string of the molecule is Cc1cc(C)cc(C(N)Cn2nc3ccccn3c2=O)c1. The summed E-state index contributed by atoms with van der Waals surface area (Å²) in [5, 5.41) is 4.31. The summed E-state index contributed by atoms with van der Waals surface area (Å²) in [5.41, 5.74) is 10.1. The van der Waals surface area contributed by atoms with Gasteiger partial charge in [-0.3, -0.25) is 4.40 Å². The molecule has 0 amide bonds. The van der Waals surface area contributed by atoms with Crippen molar-refractivity contribution in [3.63, 3.8) is 0 Å². The van der Waals surface area contributed by atoms with Crippen molar-refractivity contribution in [1.82, 2.24) is 14.2 Å². The summed E-state index contributed by atoms with van der Waals surface area (Å²) in [4.78, 5) is 12.2. The lowest BCUT2D eigenvalue weighted by Crippen LogP contribution is -2.27.